The molecule has 1 N–H and O–H groups in total. The molecule has 0 saturated carbocycles. The van der Waals surface area contributed by atoms with Crippen molar-refractivity contribution in [1.29, 1.82) is 0 Å². The highest BCUT2D eigenvalue weighted by atomic mass is 16.5. The number of methoxy groups -OCH3 is 1. The van der Waals surface area contributed by atoms with Crippen LogP contribution in [0.2, 0.25) is 0 Å². The highest BCUT2D eigenvalue weighted by Crippen LogP contribution is 2.39. The first kappa shape index (κ1) is 16.5. The van der Waals surface area contributed by atoms with E-state index in [1.165, 1.54) is 4.90 Å². The van der Waals surface area contributed by atoms with Crippen molar-refractivity contribution in [2.45, 2.75) is 39.8 Å². The van der Waals surface area contributed by atoms with Crippen molar-refractivity contribution < 1.29 is 19.4 Å². The Kier molecular flexibility index (Phi) is 4.29. The van der Waals surface area contributed by atoms with Crippen molar-refractivity contribution in [3.05, 3.63) is 24.3 Å². The fourth-order valence-corrected chi connectivity index (χ4v) is 2.74. The number of benzene rings is 1. The first-order valence-electron chi connectivity index (χ1n) is 7.38. The van der Waals surface area contributed by atoms with Gasteiger partial charge in [-0.1, -0.05) is 20.8 Å². The average molecular weight is 305 g/mol. The summed E-state index contributed by atoms with van der Waals surface area (Å²) in [4.78, 5) is 26.5. The Labute approximate surface area is 130 Å². The van der Waals surface area contributed by atoms with Crippen LogP contribution in [0.3, 0.4) is 0 Å². The van der Waals surface area contributed by atoms with Gasteiger partial charge in [-0.2, -0.15) is 0 Å². The molecule has 3 atom stereocenters. The smallest absolute Gasteiger partial charge is 0.235 e. The summed E-state index contributed by atoms with van der Waals surface area (Å²) in [5, 5.41) is 9.85. The molecule has 5 nitrogen and oxygen atoms in total. The Morgan fingerprint density at radius 2 is 1.82 bits per heavy atom. The topological polar surface area (TPSA) is 66.8 Å². The predicted molar refractivity (Wildman–Crippen MR) is 83.9 cm³/mol. The predicted octanol–water partition coefficient (Wildman–Crippen LogP) is 2.02. The molecule has 1 aliphatic heterocycles. The van der Waals surface area contributed by atoms with Crippen molar-refractivity contribution in [2.75, 3.05) is 12.0 Å². The number of carbonyl (C=O) groups is 2. The van der Waals surface area contributed by atoms with E-state index in [9.17, 15) is 14.7 Å². The Hall–Kier alpha value is -1.88. The van der Waals surface area contributed by atoms with Gasteiger partial charge in [0, 0.05) is 11.1 Å². The maximum absolute atomic E-state index is 12.7. The molecule has 120 valence electrons. The van der Waals surface area contributed by atoms with Crippen LogP contribution in [0.4, 0.5) is 5.69 Å². The zero-order valence-corrected chi connectivity index (χ0v) is 13.7. The SMILES string of the molecule is COc1ccc(N2C(=O)[C@@H](C(C)O)[C@@H]2C(=O)C(C)(C)C)cc1. The van der Waals surface area contributed by atoms with Gasteiger partial charge in [-0.05, 0) is 31.2 Å². The van der Waals surface area contributed by atoms with Gasteiger partial charge in [0.1, 0.15) is 11.8 Å². The molecule has 0 radical (unpaired) electrons. The first-order valence-corrected chi connectivity index (χ1v) is 7.38. The number of aliphatic hydroxyl groups excluding tert-OH is 1. The van der Waals surface area contributed by atoms with Crippen LogP contribution in [0.15, 0.2) is 24.3 Å². The fourth-order valence-electron chi connectivity index (χ4n) is 2.74. The zero-order chi connectivity index (χ0) is 16.7. The molecule has 1 aromatic rings. The Morgan fingerprint density at radius 1 is 1.27 bits per heavy atom. The van der Waals surface area contributed by atoms with E-state index in [1.807, 2.05) is 20.8 Å². The van der Waals surface area contributed by atoms with E-state index < -0.39 is 23.5 Å². The number of ether oxygens (including phenoxy) is 1. The quantitative estimate of drug-likeness (QED) is 0.864. The lowest BCUT2D eigenvalue weighted by Gasteiger charge is -2.49. The number of ketones is 1. The summed E-state index contributed by atoms with van der Waals surface area (Å²) in [6.07, 6.45) is -0.849. The first-order chi connectivity index (χ1) is 10.2. The van der Waals surface area contributed by atoms with E-state index in [1.54, 1.807) is 38.3 Å². The van der Waals surface area contributed by atoms with Crippen LogP contribution in [-0.4, -0.2) is 36.1 Å². The van der Waals surface area contributed by atoms with Crippen LogP contribution >= 0.6 is 0 Å². The lowest BCUT2D eigenvalue weighted by molar-refractivity contribution is -0.145. The normalized spacial score (nSPS) is 23.0. The summed E-state index contributed by atoms with van der Waals surface area (Å²) in [7, 11) is 1.57. The number of anilines is 1. The third-order valence-corrected chi connectivity index (χ3v) is 4.02. The minimum Gasteiger partial charge on any atom is -0.497 e. The number of amides is 1. The number of Topliss-reactive ketones (excluding diaryl/α,β-unsaturated/α-hetero) is 1. The van der Waals surface area contributed by atoms with E-state index >= 15 is 0 Å². The molecule has 0 bridgehead atoms. The van der Waals surface area contributed by atoms with E-state index in [0.29, 0.717) is 11.4 Å². The van der Waals surface area contributed by atoms with Gasteiger partial charge in [0.2, 0.25) is 5.91 Å². The van der Waals surface area contributed by atoms with Gasteiger partial charge >= 0.3 is 0 Å². The third kappa shape index (κ3) is 2.73. The molecule has 0 aromatic heterocycles. The number of rotatable bonds is 4. The van der Waals surface area contributed by atoms with Crippen molar-refractivity contribution >= 4 is 17.4 Å². The van der Waals surface area contributed by atoms with Crippen molar-refractivity contribution in [1.82, 2.24) is 0 Å². The number of aliphatic hydroxyl groups is 1. The summed E-state index contributed by atoms with van der Waals surface area (Å²) in [5.74, 6) is -0.257. The third-order valence-electron chi connectivity index (χ3n) is 4.02. The minimum atomic E-state index is -0.849. The van der Waals surface area contributed by atoms with E-state index in [0.717, 1.165) is 0 Å². The molecule has 1 heterocycles. The summed E-state index contributed by atoms with van der Waals surface area (Å²) in [6, 6.07) is 6.37. The maximum atomic E-state index is 12.7. The zero-order valence-electron chi connectivity index (χ0n) is 13.7. The average Bonchev–Trinajstić information content (AvgIpc) is 2.43. The molecule has 0 aliphatic carbocycles. The Bertz CT molecular complexity index is 571. The number of carbonyl (C=O) groups excluding carboxylic acids is 2. The molecule has 1 aromatic carbocycles. The number of hydrogen-bond donors (Lipinski definition) is 1. The second-order valence-electron chi connectivity index (χ2n) is 6.73. The van der Waals surface area contributed by atoms with Gasteiger partial charge in [-0.3, -0.25) is 9.59 Å². The summed E-state index contributed by atoms with van der Waals surface area (Å²) in [6.45, 7) is 7.02. The second-order valence-corrected chi connectivity index (χ2v) is 6.73. The van der Waals surface area contributed by atoms with Crippen LogP contribution in [0.25, 0.3) is 0 Å². The number of nitrogens with zero attached hydrogens (tertiary/aromatic N) is 1. The molecule has 1 saturated heterocycles. The van der Waals surface area contributed by atoms with Crippen LogP contribution in [0.5, 0.6) is 5.75 Å². The van der Waals surface area contributed by atoms with Gasteiger partial charge in [0.15, 0.2) is 5.78 Å². The standard InChI is InChI=1S/C17H23NO4/c1-10(19)13-14(15(20)17(2,3)4)18(16(13)21)11-6-8-12(22-5)9-7-11/h6-10,13-14,19H,1-5H3/t10?,13-,14+/m0/s1. The Morgan fingerprint density at radius 3 is 2.23 bits per heavy atom. The number of hydrogen-bond acceptors (Lipinski definition) is 4. The molecular formula is C17H23NO4. The lowest BCUT2D eigenvalue weighted by atomic mass is 9.73. The molecule has 1 unspecified atom stereocenters. The van der Waals surface area contributed by atoms with Gasteiger partial charge in [0.05, 0.1) is 19.1 Å². The molecule has 1 amide bonds. The van der Waals surface area contributed by atoms with Gasteiger partial charge < -0.3 is 14.7 Å². The molecule has 22 heavy (non-hydrogen) atoms. The maximum Gasteiger partial charge on any atom is 0.235 e. The van der Waals surface area contributed by atoms with Crippen LogP contribution < -0.4 is 9.64 Å². The van der Waals surface area contributed by atoms with E-state index in [-0.39, 0.29) is 11.7 Å². The van der Waals surface area contributed by atoms with Gasteiger partial charge in [-0.25, -0.2) is 0 Å². The molecule has 1 fully saturated rings. The highest BCUT2D eigenvalue weighted by molar-refractivity contribution is 6.13. The van der Waals surface area contributed by atoms with E-state index in [4.69, 9.17) is 4.74 Å². The van der Waals surface area contributed by atoms with Crippen molar-refractivity contribution in [2.24, 2.45) is 11.3 Å². The molecule has 2 rings (SSSR count). The number of β-lactam (4-membered cyclic amide) rings is 1. The van der Waals surface area contributed by atoms with Crippen molar-refractivity contribution in [3.63, 3.8) is 0 Å². The minimum absolute atomic E-state index is 0.0474. The van der Waals surface area contributed by atoms with Crippen LogP contribution in [0.1, 0.15) is 27.7 Å². The molecule has 1 aliphatic rings. The largest absolute Gasteiger partial charge is 0.497 e. The molecule has 5 heteroatoms. The summed E-state index contributed by atoms with van der Waals surface area (Å²) >= 11 is 0. The summed E-state index contributed by atoms with van der Waals surface area (Å²) < 4.78 is 5.10. The second kappa shape index (κ2) is 5.72. The van der Waals surface area contributed by atoms with Crippen LogP contribution in [-0.2, 0) is 9.59 Å². The fraction of sp³-hybridized carbons (Fsp3) is 0.529. The highest BCUT2D eigenvalue weighted by Gasteiger charge is 2.55. The van der Waals surface area contributed by atoms with Gasteiger partial charge in [0.25, 0.3) is 0 Å². The molecular weight excluding hydrogens is 282 g/mol. The van der Waals surface area contributed by atoms with Gasteiger partial charge in [-0.15, -0.1) is 0 Å². The molecule has 0 spiro atoms. The lowest BCUT2D eigenvalue weighted by Crippen LogP contribution is -2.69. The summed E-state index contributed by atoms with van der Waals surface area (Å²) in [5.41, 5.74) is 0.0637. The van der Waals surface area contributed by atoms with E-state index in [2.05, 4.69) is 0 Å². The van der Waals surface area contributed by atoms with Crippen LogP contribution in [0, 0.1) is 11.3 Å². The Balaban J connectivity index is 2.36. The van der Waals surface area contributed by atoms with Crippen molar-refractivity contribution in [3.8, 4) is 5.75 Å². The monoisotopic (exact) mass is 305 g/mol.